The lowest BCUT2D eigenvalue weighted by atomic mass is 10.1. The van der Waals surface area contributed by atoms with Crippen molar-refractivity contribution in [2.45, 2.75) is 41.5 Å². The molecule has 2 rings (SSSR count). The first-order valence-corrected chi connectivity index (χ1v) is 9.34. The molecule has 0 unspecified atom stereocenters. The predicted molar refractivity (Wildman–Crippen MR) is 105 cm³/mol. The molecule has 1 heterocycles. The maximum atomic E-state index is 12.4. The fraction of sp³-hybridized carbons (Fsp3) is 0.400. The Morgan fingerprint density at radius 3 is 2.35 bits per heavy atom. The minimum absolute atomic E-state index is 0.122. The van der Waals surface area contributed by atoms with E-state index in [4.69, 9.17) is 9.47 Å². The molecule has 140 valence electrons. The molecule has 0 bridgehead atoms. The summed E-state index contributed by atoms with van der Waals surface area (Å²) in [5.74, 6) is -0.00245. The summed E-state index contributed by atoms with van der Waals surface area (Å²) in [6.45, 7) is 11.6. The summed E-state index contributed by atoms with van der Waals surface area (Å²) in [7, 11) is 0. The van der Waals surface area contributed by atoms with Crippen molar-refractivity contribution >= 4 is 28.2 Å². The largest absolute Gasteiger partial charge is 0.483 e. The summed E-state index contributed by atoms with van der Waals surface area (Å²) in [4.78, 5) is 25.5. The van der Waals surface area contributed by atoms with Crippen LogP contribution in [-0.4, -0.2) is 25.1 Å². The number of hydrogen-bond donors (Lipinski definition) is 1. The second-order valence-electron chi connectivity index (χ2n) is 6.20. The zero-order valence-electron chi connectivity index (χ0n) is 16.1. The van der Waals surface area contributed by atoms with Crippen LogP contribution in [-0.2, 0) is 9.53 Å². The summed E-state index contributed by atoms with van der Waals surface area (Å²) < 4.78 is 10.8. The first-order valence-electron chi connectivity index (χ1n) is 8.52. The number of carbonyl (C=O) groups excluding carboxylic acids is 2. The van der Waals surface area contributed by atoms with Gasteiger partial charge in [-0.1, -0.05) is 12.1 Å². The highest BCUT2D eigenvalue weighted by atomic mass is 32.1. The van der Waals surface area contributed by atoms with Gasteiger partial charge in [-0.2, -0.15) is 0 Å². The highest BCUT2D eigenvalue weighted by Gasteiger charge is 2.22. The summed E-state index contributed by atoms with van der Waals surface area (Å²) in [5, 5.41) is 3.29. The van der Waals surface area contributed by atoms with E-state index in [1.165, 1.54) is 11.3 Å². The fourth-order valence-corrected chi connectivity index (χ4v) is 3.68. The highest BCUT2D eigenvalue weighted by molar-refractivity contribution is 7.16. The number of esters is 1. The van der Waals surface area contributed by atoms with Gasteiger partial charge >= 0.3 is 5.97 Å². The maximum Gasteiger partial charge on any atom is 0.341 e. The number of ether oxygens (including phenoxy) is 2. The number of rotatable bonds is 6. The number of hydrogen-bond acceptors (Lipinski definition) is 5. The van der Waals surface area contributed by atoms with Gasteiger partial charge in [-0.15, -0.1) is 11.3 Å². The molecule has 2 aromatic rings. The van der Waals surface area contributed by atoms with E-state index >= 15 is 0 Å². The standard InChI is InChI=1S/C20H25NO4S/c1-7-24-20(23)17-14(5)15(6)26-19(17)21-16(22)10-25-18-12(3)9-8-11(2)13(18)4/h8-9H,7,10H2,1-6H3,(H,21,22). The zero-order valence-corrected chi connectivity index (χ0v) is 16.9. The Hall–Kier alpha value is -2.34. The molecular formula is C20H25NO4S. The topological polar surface area (TPSA) is 64.6 Å². The minimum atomic E-state index is -0.420. The van der Waals surface area contributed by atoms with E-state index in [0.29, 0.717) is 10.6 Å². The van der Waals surface area contributed by atoms with E-state index < -0.39 is 5.97 Å². The van der Waals surface area contributed by atoms with Gasteiger partial charge in [0.05, 0.1) is 12.2 Å². The van der Waals surface area contributed by atoms with Crippen LogP contribution in [0.15, 0.2) is 12.1 Å². The third-order valence-corrected chi connectivity index (χ3v) is 5.46. The van der Waals surface area contributed by atoms with Crippen molar-refractivity contribution in [2.24, 2.45) is 0 Å². The van der Waals surface area contributed by atoms with Crippen LogP contribution in [0.2, 0.25) is 0 Å². The van der Waals surface area contributed by atoms with Crippen LogP contribution in [0.5, 0.6) is 5.75 Å². The number of amides is 1. The Balaban J connectivity index is 2.13. The Bertz CT molecular complexity index is 839. The average Bonchev–Trinajstić information content (AvgIpc) is 2.85. The van der Waals surface area contributed by atoms with Gasteiger partial charge in [-0.3, -0.25) is 4.79 Å². The number of anilines is 1. The number of carbonyl (C=O) groups is 2. The summed E-state index contributed by atoms with van der Waals surface area (Å²) in [6, 6.07) is 4.00. The van der Waals surface area contributed by atoms with Crippen LogP contribution in [0.4, 0.5) is 5.00 Å². The number of nitrogens with one attached hydrogen (secondary N) is 1. The SMILES string of the molecule is CCOC(=O)c1c(NC(=O)COc2c(C)ccc(C)c2C)sc(C)c1C. The highest BCUT2D eigenvalue weighted by Crippen LogP contribution is 2.33. The fourth-order valence-electron chi connectivity index (χ4n) is 2.61. The first kappa shape index (κ1) is 20.0. The van der Waals surface area contributed by atoms with Gasteiger partial charge in [0.1, 0.15) is 10.8 Å². The molecule has 6 heteroatoms. The molecule has 1 N–H and O–H groups in total. The van der Waals surface area contributed by atoms with Gasteiger partial charge in [0.2, 0.25) is 0 Å². The van der Waals surface area contributed by atoms with E-state index in [9.17, 15) is 9.59 Å². The van der Waals surface area contributed by atoms with Crippen molar-refractivity contribution in [3.8, 4) is 5.75 Å². The van der Waals surface area contributed by atoms with Crippen molar-refractivity contribution in [1.29, 1.82) is 0 Å². The summed E-state index contributed by atoms with van der Waals surface area (Å²) >= 11 is 1.37. The molecule has 1 aromatic carbocycles. The summed E-state index contributed by atoms with van der Waals surface area (Å²) in [5.41, 5.74) is 4.37. The molecule has 0 fully saturated rings. The van der Waals surface area contributed by atoms with Crippen molar-refractivity contribution in [2.75, 3.05) is 18.5 Å². The third-order valence-electron chi connectivity index (χ3n) is 4.34. The molecule has 0 aliphatic carbocycles. The van der Waals surface area contributed by atoms with Crippen molar-refractivity contribution < 1.29 is 19.1 Å². The first-order chi connectivity index (χ1) is 12.3. The lowest BCUT2D eigenvalue weighted by Gasteiger charge is -2.14. The second kappa shape index (κ2) is 8.36. The van der Waals surface area contributed by atoms with E-state index in [0.717, 1.165) is 32.9 Å². The zero-order chi connectivity index (χ0) is 19.4. The lowest BCUT2D eigenvalue weighted by Crippen LogP contribution is -2.21. The van der Waals surface area contributed by atoms with Gasteiger partial charge in [-0.05, 0) is 63.8 Å². The van der Waals surface area contributed by atoms with Crippen LogP contribution < -0.4 is 10.1 Å². The monoisotopic (exact) mass is 375 g/mol. The molecule has 5 nitrogen and oxygen atoms in total. The van der Waals surface area contributed by atoms with Gasteiger partial charge in [0, 0.05) is 4.88 Å². The number of thiophene rings is 1. The Morgan fingerprint density at radius 2 is 1.69 bits per heavy atom. The van der Waals surface area contributed by atoms with Crippen LogP contribution in [0, 0.1) is 34.6 Å². The Labute approximate surface area is 158 Å². The molecule has 1 amide bonds. The summed E-state index contributed by atoms with van der Waals surface area (Å²) in [6.07, 6.45) is 0. The quantitative estimate of drug-likeness (QED) is 0.756. The normalized spacial score (nSPS) is 10.5. The van der Waals surface area contributed by atoms with Crippen LogP contribution >= 0.6 is 11.3 Å². The van der Waals surface area contributed by atoms with Gasteiger partial charge in [0.15, 0.2) is 6.61 Å². The minimum Gasteiger partial charge on any atom is -0.483 e. The Morgan fingerprint density at radius 1 is 1.04 bits per heavy atom. The molecule has 1 aromatic heterocycles. The maximum absolute atomic E-state index is 12.4. The van der Waals surface area contributed by atoms with Crippen LogP contribution in [0.1, 0.15) is 44.4 Å². The van der Waals surface area contributed by atoms with E-state index in [1.54, 1.807) is 6.92 Å². The number of benzene rings is 1. The molecule has 0 spiro atoms. The molecule has 0 aliphatic heterocycles. The van der Waals surface area contributed by atoms with E-state index in [-0.39, 0.29) is 19.1 Å². The van der Waals surface area contributed by atoms with E-state index in [2.05, 4.69) is 5.32 Å². The van der Waals surface area contributed by atoms with Gasteiger partial charge in [-0.25, -0.2) is 4.79 Å². The molecule has 0 radical (unpaired) electrons. The molecular weight excluding hydrogens is 350 g/mol. The number of aryl methyl sites for hydroxylation is 3. The lowest BCUT2D eigenvalue weighted by molar-refractivity contribution is -0.118. The smallest absolute Gasteiger partial charge is 0.341 e. The van der Waals surface area contributed by atoms with Gasteiger partial charge in [0.25, 0.3) is 5.91 Å². The van der Waals surface area contributed by atoms with Crippen molar-refractivity contribution in [3.63, 3.8) is 0 Å². The molecule has 0 aliphatic rings. The van der Waals surface area contributed by atoms with Crippen molar-refractivity contribution in [1.82, 2.24) is 0 Å². The Kier molecular flexibility index (Phi) is 6.42. The van der Waals surface area contributed by atoms with Crippen LogP contribution in [0.3, 0.4) is 0 Å². The van der Waals surface area contributed by atoms with Crippen LogP contribution in [0.25, 0.3) is 0 Å². The van der Waals surface area contributed by atoms with E-state index in [1.807, 2.05) is 46.8 Å². The second-order valence-corrected chi connectivity index (χ2v) is 7.42. The third kappa shape index (κ3) is 4.25. The molecule has 0 saturated heterocycles. The molecule has 0 atom stereocenters. The molecule has 0 saturated carbocycles. The predicted octanol–water partition coefficient (Wildman–Crippen LogP) is 4.48. The van der Waals surface area contributed by atoms with Gasteiger partial charge < -0.3 is 14.8 Å². The van der Waals surface area contributed by atoms with Crippen molar-refractivity contribution in [3.05, 3.63) is 44.8 Å². The molecule has 26 heavy (non-hydrogen) atoms. The average molecular weight is 375 g/mol.